The van der Waals surface area contributed by atoms with Gasteiger partial charge in [0.25, 0.3) is 0 Å². The van der Waals surface area contributed by atoms with E-state index in [4.69, 9.17) is 0 Å². The second kappa shape index (κ2) is 5.02. The van der Waals surface area contributed by atoms with Gasteiger partial charge >= 0.3 is 0 Å². The Bertz CT molecular complexity index is 476. The lowest BCUT2D eigenvalue weighted by atomic mass is 9.97. The van der Waals surface area contributed by atoms with Gasteiger partial charge in [0.15, 0.2) is 0 Å². The van der Waals surface area contributed by atoms with Crippen molar-refractivity contribution in [1.82, 2.24) is 5.32 Å². The zero-order valence-electron chi connectivity index (χ0n) is 10.4. The van der Waals surface area contributed by atoms with Crippen molar-refractivity contribution in [2.45, 2.75) is 13.8 Å². The molecule has 18 heavy (non-hydrogen) atoms. The molecule has 2 atom stereocenters. The van der Waals surface area contributed by atoms with Gasteiger partial charge in [0.05, 0.1) is 11.6 Å². The van der Waals surface area contributed by atoms with Crippen molar-refractivity contribution >= 4 is 11.6 Å². The second-order valence-electron chi connectivity index (χ2n) is 4.81. The van der Waals surface area contributed by atoms with E-state index in [1.807, 2.05) is 6.92 Å². The van der Waals surface area contributed by atoms with E-state index >= 15 is 0 Å². The van der Waals surface area contributed by atoms with Gasteiger partial charge in [-0.15, -0.1) is 0 Å². The molecule has 0 aliphatic carbocycles. The molecular weight excluding hydrogens is 238 g/mol. The molecule has 1 saturated heterocycles. The van der Waals surface area contributed by atoms with Gasteiger partial charge in [0.1, 0.15) is 11.6 Å². The first kappa shape index (κ1) is 13.0. The van der Waals surface area contributed by atoms with Crippen LogP contribution in [-0.2, 0) is 4.79 Å². The molecule has 2 rings (SSSR count). The van der Waals surface area contributed by atoms with E-state index in [2.05, 4.69) is 10.6 Å². The zero-order chi connectivity index (χ0) is 13.3. The lowest BCUT2D eigenvalue weighted by molar-refractivity contribution is -0.120. The quantitative estimate of drug-likeness (QED) is 0.848. The lowest BCUT2D eigenvalue weighted by Gasteiger charge is -2.15. The standard InChI is InChI=1S/C13H16F2N2O/c1-7-3-11(15)12(4-10(7)14)17-13(18)9-6-16-5-8(9)2/h3-4,8-9,16H,5-6H2,1-2H3,(H,17,18)/t8-,9-/m1/s1. The summed E-state index contributed by atoms with van der Waals surface area (Å²) in [6.45, 7) is 4.77. The first-order valence-electron chi connectivity index (χ1n) is 5.96. The van der Waals surface area contributed by atoms with E-state index in [-0.39, 0.29) is 29.0 Å². The molecule has 0 spiro atoms. The Labute approximate surface area is 105 Å². The van der Waals surface area contributed by atoms with Crippen molar-refractivity contribution in [3.05, 3.63) is 29.3 Å². The summed E-state index contributed by atoms with van der Waals surface area (Å²) in [4.78, 5) is 11.9. The molecule has 1 aliphatic heterocycles. The van der Waals surface area contributed by atoms with E-state index in [1.165, 1.54) is 6.92 Å². The summed E-state index contributed by atoms with van der Waals surface area (Å²) in [5.41, 5.74) is 0.128. The van der Waals surface area contributed by atoms with Crippen LogP contribution in [0.4, 0.5) is 14.5 Å². The predicted molar refractivity (Wildman–Crippen MR) is 65.2 cm³/mol. The largest absolute Gasteiger partial charge is 0.323 e. The Morgan fingerprint density at radius 2 is 2.06 bits per heavy atom. The number of benzene rings is 1. The van der Waals surface area contributed by atoms with Gasteiger partial charge in [0.2, 0.25) is 5.91 Å². The highest BCUT2D eigenvalue weighted by Crippen LogP contribution is 2.22. The van der Waals surface area contributed by atoms with E-state index in [0.29, 0.717) is 6.54 Å². The Morgan fingerprint density at radius 3 is 2.67 bits per heavy atom. The Morgan fingerprint density at radius 1 is 1.33 bits per heavy atom. The number of carbonyl (C=O) groups excluding carboxylic acids is 1. The van der Waals surface area contributed by atoms with Gasteiger partial charge in [-0.2, -0.15) is 0 Å². The normalized spacial score (nSPS) is 23.1. The van der Waals surface area contributed by atoms with Gasteiger partial charge in [-0.25, -0.2) is 8.78 Å². The van der Waals surface area contributed by atoms with Gasteiger partial charge < -0.3 is 10.6 Å². The number of halogens is 2. The third kappa shape index (κ3) is 2.51. The Hall–Kier alpha value is -1.49. The summed E-state index contributed by atoms with van der Waals surface area (Å²) in [6, 6.07) is 2.11. The highest BCUT2D eigenvalue weighted by atomic mass is 19.1. The fraction of sp³-hybridized carbons (Fsp3) is 0.462. The van der Waals surface area contributed by atoms with Crippen LogP contribution in [0.15, 0.2) is 12.1 Å². The summed E-state index contributed by atoms with van der Waals surface area (Å²) >= 11 is 0. The summed E-state index contributed by atoms with van der Waals surface area (Å²) < 4.78 is 26.9. The molecule has 2 N–H and O–H groups in total. The number of amides is 1. The predicted octanol–water partition coefficient (Wildman–Crippen LogP) is 2.07. The van der Waals surface area contributed by atoms with Crippen LogP contribution < -0.4 is 10.6 Å². The number of hydrogen-bond acceptors (Lipinski definition) is 2. The van der Waals surface area contributed by atoms with Crippen molar-refractivity contribution in [3.63, 3.8) is 0 Å². The van der Waals surface area contributed by atoms with Gasteiger partial charge in [0, 0.05) is 12.6 Å². The average molecular weight is 254 g/mol. The summed E-state index contributed by atoms with van der Waals surface area (Å²) in [5, 5.41) is 5.55. The first-order chi connectivity index (χ1) is 8.49. The molecule has 1 aliphatic rings. The van der Waals surface area contributed by atoms with E-state index < -0.39 is 11.6 Å². The number of anilines is 1. The van der Waals surface area contributed by atoms with Crippen LogP contribution in [-0.4, -0.2) is 19.0 Å². The zero-order valence-corrected chi connectivity index (χ0v) is 10.4. The van der Waals surface area contributed by atoms with Crippen molar-refractivity contribution in [1.29, 1.82) is 0 Å². The van der Waals surface area contributed by atoms with Crippen molar-refractivity contribution < 1.29 is 13.6 Å². The highest BCUT2D eigenvalue weighted by molar-refractivity contribution is 5.93. The SMILES string of the molecule is Cc1cc(F)c(NC(=O)[C@@H]2CNC[C@H]2C)cc1F. The number of aryl methyl sites for hydroxylation is 1. The molecule has 3 nitrogen and oxygen atoms in total. The minimum Gasteiger partial charge on any atom is -0.323 e. The Kier molecular flexibility index (Phi) is 3.61. The third-order valence-electron chi connectivity index (χ3n) is 3.36. The van der Waals surface area contributed by atoms with Gasteiger partial charge in [-0.3, -0.25) is 4.79 Å². The molecule has 0 saturated carbocycles. The fourth-order valence-corrected chi connectivity index (χ4v) is 2.13. The van der Waals surface area contributed by atoms with Crippen LogP contribution >= 0.6 is 0 Å². The van der Waals surface area contributed by atoms with Crippen molar-refractivity contribution in [2.75, 3.05) is 18.4 Å². The molecule has 1 fully saturated rings. The highest BCUT2D eigenvalue weighted by Gasteiger charge is 2.30. The number of carbonyl (C=O) groups is 1. The molecule has 0 aromatic heterocycles. The first-order valence-corrected chi connectivity index (χ1v) is 5.96. The molecule has 1 heterocycles. The maximum absolute atomic E-state index is 13.6. The van der Waals surface area contributed by atoms with Crippen LogP contribution in [0.3, 0.4) is 0 Å². The summed E-state index contributed by atoms with van der Waals surface area (Å²) in [5.74, 6) is -1.41. The molecule has 0 bridgehead atoms. The third-order valence-corrected chi connectivity index (χ3v) is 3.36. The number of rotatable bonds is 2. The smallest absolute Gasteiger partial charge is 0.229 e. The minimum absolute atomic E-state index is 0.0952. The van der Waals surface area contributed by atoms with E-state index in [9.17, 15) is 13.6 Å². The molecule has 5 heteroatoms. The fourth-order valence-electron chi connectivity index (χ4n) is 2.13. The van der Waals surface area contributed by atoms with Crippen LogP contribution in [0.25, 0.3) is 0 Å². The van der Waals surface area contributed by atoms with Crippen LogP contribution in [0.5, 0.6) is 0 Å². The molecule has 0 radical (unpaired) electrons. The summed E-state index contributed by atoms with van der Waals surface area (Å²) in [6.07, 6.45) is 0. The molecule has 1 amide bonds. The monoisotopic (exact) mass is 254 g/mol. The van der Waals surface area contributed by atoms with Crippen LogP contribution in [0, 0.1) is 30.4 Å². The van der Waals surface area contributed by atoms with Gasteiger partial charge in [-0.05, 0) is 31.0 Å². The molecule has 98 valence electrons. The molecule has 0 unspecified atom stereocenters. The minimum atomic E-state index is -0.610. The summed E-state index contributed by atoms with van der Waals surface area (Å²) in [7, 11) is 0. The molecule has 1 aromatic carbocycles. The molecule has 1 aromatic rings. The van der Waals surface area contributed by atoms with Crippen LogP contribution in [0.1, 0.15) is 12.5 Å². The topological polar surface area (TPSA) is 41.1 Å². The van der Waals surface area contributed by atoms with Crippen molar-refractivity contribution in [2.24, 2.45) is 11.8 Å². The van der Waals surface area contributed by atoms with Crippen molar-refractivity contribution in [3.8, 4) is 0 Å². The van der Waals surface area contributed by atoms with E-state index in [1.54, 1.807) is 0 Å². The second-order valence-corrected chi connectivity index (χ2v) is 4.81. The molecular formula is C13H16F2N2O. The number of nitrogens with one attached hydrogen (secondary N) is 2. The van der Waals surface area contributed by atoms with E-state index in [0.717, 1.165) is 18.7 Å². The Balaban J connectivity index is 2.14. The average Bonchev–Trinajstić information content (AvgIpc) is 2.72. The van der Waals surface area contributed by atoms with Crippen LogP contribution in [0.2, 0.25) is 0 Å². The number of hydrogen-bond donors (Lipinski definition) is 2. The lowest BCUT2D eigenvalue weighted by Crippen LogP contribution is -2.28. The van der Waals surface area contributed by atoms with Gasteiger partial charge in [-0.1, -0.05) is 6.92 Å². The maximum Gasteiger partial charge on any atom is 0.229 e. The maximum atomic E-state index is 13.6.